The molecule has 6 heteroatoms. The van der Waals surface area contributed by atoms with E-state index < -0.39 is 0 Å². The number of halogens is 1. The predicted octanol–water partition coefficient (Wildman–Crippen LogP) is 1.66. The van der Waals surface area contributed by atoms with Crippen LogP contribution in [0.4, 0.5) is 0 Å². The lowest BCUT2D eigenvalue weighted by Gasteiger charge is -2.05. The fourth-order valence-electron chi connectivity index (χ4n) is 1.54. The lowest BCUT2D eigenvalue weighted by atomic mass is 10.1. The van der Waals surface area contributed by atoms with E-state index in [-0.39, 0.29) is 30.4 Å². The number of nitrogens with one attached hydrogen (secondary N) is 2. The van der Waals surface area contributed by atoms with Crippen molar-refractivity contribution in [1.82, 2.24) is 10.6 Å². The zero-order valence-electron chi connectivity index (χ0n) is 11.2. The second kappa shape index (κ2) is 8.47. The summed E-state index contributed by atoms with van der Waals surface area (Å²) in [6.45, 7) is 2.17. The number of amides is 2. The molecule has 1 aromatic rings. The Kier molecular flexibility index (Phi) is 6.93. The predicted molar refractivity (Wildman–Crippen MR) is 79.4 cm³/mol. The molecule has 20 heavy (non-hydrogen) atoms. The van der Waals surface area contributed by atoms with E-state index in [1.807, 2.05) is 0 Å². The number of Topliss-reactive ketones (excluding diaryl/α,β-unsaturated/α-hetero) is 1. The third kappa shape index (κ3) is 6.47. The van der Waals surface area contributed by atoms with E-state index in [0.29, 0.717) is 18.7 Å². The Labute approximate surface area is 126 Å². The highest BCUT2D eigenvalue weighted by atomic mass is 79.9. The number of rotatable bonds is 7. The molecule has 5 nitrogen and oxygen atoms in total. The molecule has 0 saturated carbocycles. The summed E-state index contributed by atoms with van der Waals surface area (Å²) in [5.41, 5.74) is 0.597. The average Bonchev–Trinajstić information content (AvgIpc) is 2.41. The van der Waals surface area contributed by atoms with Gasteiger partial charge in [-0.25, -0.2) is 0 Å². The molecule has 108 valence electrons. The number of ketones is 1. The summed E-state index contributed by atoms with van der Waals surface area (Å²) in [5, 5.41) is 5.21. The third-order valence-electron chi connectivity index (χ3n) is 2.57. The van der Waals surface area contributed by atoms with Gasteiger partial charge in [-0.2, -0.15) is 0 Å². The molecule has 1 rings (SSSR count). The minimum atomic E-state index is -0.194. The Bertz CT molecular complexity index is 486. The van der Waals surface area contributed by atoms with Gasteiger partial charge < -0.3 is 10.6 Å². The molecule has 0 radical (unpaired) electrons. The molecule has 1 aromatic carbocycles. The first-order valence-corrected chi connectivity index (χ1v) is 7.08. The van der Waals surface area contributed by atoms with E-state index in [2.05, 4.69) is 26.6 Å². The van der Waals surface area contributed by atoms with E-state index in [1.165, 1.54) is 6.92 Å². The highest BCUT2D eigenvalue weighted by Gasteiger charge is 2.08. The smallest absolute Gasteiger partial charge is 0.220 e. The van der Waals surface area contributed by atoms with Crippen LogP contribution in [-0.2, 0) is 9.59 Å². The van der Waals surface area contributed by atoms with Crippen LogP contribution in [0, 0.1) is 0 Å². The Balaban J connectivity index is 2.25. The Morgan fingerprint density at radius 3 is 2.20 bits per heavy atom. The summed E-state index contributed by atoms with van der Waals surface area (Å²) in [6.07, 6.45) is 0.322. The van der Waals surface area contributed by atoms with Gasteiger partial charge in [-0.1, -0.05) is 28.1 Å². The molecule has 2 amide bonds. The normalized spacial score (nSPS) is 9.90. The monoisotopic (exact) mass is 340 g/mol. The summed E-state index contributed by atoms with van der Waals surface area (Å²) >= 11 is 3.30. The zero-order chi connectivity index (χ0) is 15.0. The standard InChI is InChI=1S/C14H17BrN2O3/c1-10(18)16-8-9-17-14(20)7-6-13(19)11-2-4-12(15)5-3-11/h2-5H,6-9H2,1H3,(H,16,18)(H,17,20). The molecule has 0 aliphatic rings. The van der Waals surface area contributed by atoms with E-state index >= 15 is 0 Å². The van der Waals surface area contributed by atoms with Crippen molar-refractivity contribution in [3.63, 3.8) is 0 Å². The Morgan fingerprint density at radius 1 is 1.00 bits per heavy atom. The maximum absolute atomic E-state index is 11.8. The van der Waals surface area contributed by atoms with E-state index in [4.69, 9.17) is 0 Å². The van der Waals surface area contributed by atoms with Gasteiger partial charge in [0, 0.05) is 42.9 Å². The third-order valence-corrected chi connectivity index (χ3v) is 3.10. The van der Waals surface area contributed by atoms with Crippen molar-refractivity contribution in [3.05, 3.63) is 34.3 Å². The minimum absolute atomic E-state index is 0.0606. The summed E-state index contributed by atoms with van der Waals surface area (Å²) in [4.78, 5) is 33.9. The van der Waals surface area contributed by atoms with Crippen molar-refractivity contribution < 1.29 is 14.4 Å². The summed E-state index contributed by atoms with van der Waals surface area (Å²) in [5.74, 6) is -0.389. The lowest BCUT2D eigenvalue weighted by molar-refractivity contribution is -0.122. The van der Waals surface area contributed by atoms with Crippen LogP contribution in [-0.4, -0.2) is 30.7 Å². The highest BCUT2D eigenvalue weighted by molar-refractivity contribution is 9.10. The molecule has 0 spiro atoms. The fraction of sp³-hybridized carbons (Fsp3) is 0.357. The Hall–Kier alpha value is -1.69. The van der Waals surface area contributed by atoms with Crippen molar-refractivity contribution in [1.29, 1.82) is 0 Å². The van der Waals surface area contributed by atoms with Crippen LogP contribution in [0.2, 0.25) is 0 Å². The summed E-state index contributed by atoms with van der Waals surface area (Å²) < 4.78 is 0.907. The molecule has 0 saturated heterocycles. The van der Waals surface area contributed by atoms with Crippen LogP contribution < -0.4 is 10.6 Å². The van der Waals surface area contributed by atoms with Crippen molar-refractivity contribution >= 4 is 33.5 Å². The van der Waals surface area contributed by atoms with Gasteiger partial charge in [0.05, 0.1) is 0 Å². The molecule has 0 heterocycles. The summed E-state index contributed by atoms with van der Waals surface area (Å²) in [6, 6.07) is 7.03. The van der Waals surface area contributed by atoms with E-state index in [0.717, 1.165) is 4.47 Å². The van der Waals surface area contributed by atoms with E-state index in [1.54, 1.807) is 24.3 Å². The Morgan fingerprint density at radius 2 is 1.60 bits per heavy atom. The van der Waals surface area contributed by atoms with Gasteiger partial charge >= 0.3 is 0 Å². The quantitative estimate of drug-likeness (QED) is 0.585. The highest BCUT2D eigenvalue weighted by Crippen LogP contribution is 2.12. The first-order chi connectivity index (χ1) is 9.49. The van der Waals surface area contributed by atoms with Crippen LogP contribution in [0.5, 0.6) is 0 Å². The molecule has 2 N–H and O–H groups in total. The first kappa shape index (κ1) is 16.4. The van der Waals surface area contributed by atoms with Gasteiger partial charge in [0.25, 0.3) is 0 Å². The number of hydrogen-bond acceptors (Lipinski definition) is 3. The van der Waals surface area contributed by atoms with Gasteiger partial charge in [0.1, 0.15) is 0 Å². The maximum Gasteiger partial charge on any atom is 0.220 e. The molecule has 0 aromatic heterocycles. The van der Waals surface area contributed by atoms with Crippen molar-refractivity contribution in [3.8, 4) is 0 Å². The van der Waals surface area contributed by atoms with Crippen LogP contribution in [0.1, 0.15) is 30.1 Å². The number of carbonyl (C=O) groups excluding carboxylic acids is 3. The number of carbonyl (C=O) groups is 3. The van der Waals surface area contributed by atoms with Crippen molar-refractivity contribution in [2.24, 2.45) is 0 Å². The topological polar surface area (TPSA) is 75.3 Å². The second-order valence-electron chi connectivity index (χ2n) is 4.26. The number of hydrogen-bond donors (Lipinski definition) is 2. The van der Waals surface area contributed by atoms with Crippen LogP contribution in [0.15, 0.2) is 28.7 Å². The van der Waals surface area contributed by atoms with Crippen molar-refractivity contribution in [2.45, 2.75) is 19.8 Å². The van der Waals surface area contributed by atoms with Crippen LogP contribution >= 0.6 is 15.9 Å². The molecule has 0 bridgehead atoms. The fourth-order valence-corrected chi connectivity index (χ4v) is 1.80. The molecule has 0 aliphatic heterocycles. The van der Waals surface area contributed by atoms with Gasteiger partial charge in [0.2, 0.25) is 11.8 Å². The minimum Gasteiger partial charge on any atom is -0.355 e. The van der Waals surface area contributed by atoms with Gasteiger partial charge in [-0.3, -0.25) is 14.4 Å². The second-order valence-corrected chi connectivity index (χ2v) is 5.18. The molecular weight excluding hydrogens is 324 g/mol. The first-order valence-electron chi connectivity index (χ1n) is 6.29. The molecule has 0 unspecified atom stereocenters. The van der Waals surface area contributed by atoms with E-state index in [9.17, 15) is 14.4 Å². The molecule has 0 aliphatic carbocycles. The van der Waals surface area contributed by atoms with Crippen molar-refractivity contribution in [2.75, 3.05) is 13.1 Å². The van der Waals surface area contributed by atoms with Gasteiger partial charge in [-0.15, -0.1) is 0 Å². The lowest BCUT2D eigenvalue weighted by Crippen LogP contribution is -2.33. The van der Waals surface area contributed by atoms with Gasteiger partial charge in [-0.05, 0) is 12.1 Å². The largest absolute Gasteiger partial charge is 0.355 e. The molecule has 0 fully saturated rings. The SMILES string of the molecule is CC(=O)NCCNC(=O)CCC(=O)c1ccc(Br)cc1. The number of benzene rings is 1. The van der Waals surface area contributed by atoms with Crippen LogP contribution in [0.25, 0.3) is 0 Å². The van der Waals surface area contributed by atoms with Gasteiger partial charge in [0.15, 0.2) is 5.78 Å². The summed E-state index contributed by atoms with van der Waals surface area (Å²) in [7, 11) is 0. The molecule has 0 atom stereocenters. The van der Waals surface area contributed by atoms with Crippen LogP contribution in [0.3, 0.4) is 0 Å². The maximum atomic E-state index is 11.8. The zero-order valence-corrected chi connectivity index (χ0v) is 12.8. The average molecular weight is 341 g/mol. The molecular formula is C14H17BrN2O3.